The minimum absolute atomic E-state index is 0.0798. The number of carbonyl (C=O) groups is 1. The molecule has 0 radical (unpaired) electrons. The molecule has 2 nitrogen and oxygen atoms in total. The molecular weight excluding hydrogens is 278 g/mol. The molecular formula is C15H14ClNOS. The quantitative estimate of drug-likeness (QED) is 0.804. The Hall–Kier alpha value is -1.32. The fourth-order valence-electron chi connectivity index (χ4n) is 2.61. The fourth-order valence-corrected chi connectivity index (χ4v) is 3.51. The molecule has 98 valence electrons. The molecule has 1 saturated heterocycles. The van der Waals surface area contributed by atoms with Crippen molar-refractivity contribution in [1.29, 1.82) is 0 Å². The van der Waals surface area contributed by atoms with E-state index in [4.69, 9.17) is 11.6 Å². The van der Waals surface area contributed by atoms with Crippen LogP contribution in [-0.4, -0.2) is 17.4 Å². The topological polar surface area (TPSA) is 20.3 Å². The van der Waals surface area contributed by atoms with Crippen LogP contribution >= 0.6 is 22.9 Å². The van der Waals surface area contributed by atoms with E-state index in [0.717, 1.165) is 19.4 Å². The van der Waals surface area contributed by atoms with Crippen LogP contribution in [0.25, 0.3) is 0 Å². The van der Waals surface area contributed by atoms with Crippen molar-refractivity contribution in [3.63, 3.8) is 0 Å². The zero-order valence-electron chi connectivity index (χ0n) is 10.4. The van der Waals surface area contributed by atoms with Crippen LogP contribution in [0, 0.1) is 0 Å². The normalized spacial score (nSPS) is 18.8. The van der Waals surface area contributed by atoms with Crippen molar-refractivity contribution in [2.75, 3.05) is 6.54 Å². The number of likely N-dealkylation sites (tertiary alicyclic amines) is 1. The molecule has 4 heteroatoms. The first-order valence-corrected chi connectivity index (χ1v) is 7.66. The third-order valence-electron chi connectivity index (χ3n) is 3.51. The smallest absolute Gasteiger partial charge is 0.254 e. The van der Waals surface area contributed by atoms with Crippen LogP contribution in [0.15, 0.2) is 41.1 Å². The van der Waals surface area contributed by atoms with Crippen LogP contribution in [0.2, 0.25) is 5.02 Å². The third-order valence-corrected chi connectivity index (χ3v) is 4.45. The van der Waals surface area contributed by atoms with E-state index in [1.54, 1.807) is 23.5 Å². The summed E-state index contributed by atoms with van der Waals surface area (Å²) < 4.78 is 0. The van der Waals surface area contributed by atoms with Gasteiger partial charge in [0.15, 0.2) is 0 Å². The van der Waals surface area contributed by atoms with Gasteiger partial charge in [-0.2, -0.15) is 11.3 Å². The number of hydrogen-bond donors (Lipinski definition) is 0. The van der Waals surface area contributed by atoms with Gasteiger partial charge in [0.2, 0.25) is 0 Å². The predicted molar refractivity (Wildman–Crippen MR) is 78.8 cm³/mol. The van der Waals surface area contributed by atoms with Crippen molar-refractivity contribution in [2.24, 2.45) is 0 Å². The summed E-state index contributed by atoms with van der Waals surface area (Å²) >= 11 is 7.64. The van der Waals surface area contributed by atoms with Crippen molar-refractivity contribution in [1.82, 2.24) is 4.90 Å². The Kier molecular flexibility index (Phi) is 3.58. The van der Waals surface area contributed by atoms with Gasteiger partial charge >= 0.3 is 0 Å². The molecule has 2 aromatic rings. The van der Waals surface area contributed by atoms with Crippen LogP contribution < -0.4 is 0 Å². The van der Waals surface area contributed by atoms with Crippen LogP contribution in [0.4, 0.5) is 0 Å². The van der Waals surface area contributed by atoms with E-state index >= 15 is 0 Å². The van der Waals surface area contributed by atoms with Crippen molar-refractivity contribution < 1.29 is 4.79 Å². The number of halogens is 1. The molecule has 2 heterocycles. The van der Waals surface area contributed by atoms with Gasteiger partial charge in [-0.05, 0) is 53.4 Å². The molecule has 1 atom stereocenters. The molecule has 19 heavy (non-hydrogen) atoms. The number of hydrogen-bond acceptors (Lipinski definition) is 2. The van der Waals surface area contributed by atoms with Gasteiger partial charge in [0.05, 0.1) is 6.04 Å². The van der Waals surface area contributed by atoms with Gasteiger partial charge in [-0.15, -0.1) is 0 Å². The lowest BCUT2D eigenvalue weighted by Crippen LogP contribution is -2.30. The largest absolute Gasteiger partial charge is 0.332 e. The maximum atomic E-state index is 12.6. The highest BCUT2D eigenvalue weighted by molar-refractivity contribution is 7.08. The van der Waals surface area contributed by atoms with Gasteiger partial charge in [-0.1, -0.05) is 17.7 Å². The Morgan fingerprint density at radius 1 is 1.37 bits per heavy atom. The Bertz CT molecular complexity index is 582. The second-order valence-corrected chi connectivity index (χ2v) is 5.94. The van der Waals surface area contributed by atoms with Crippen LogP contribution in [0.5, 0.6) is 0 Å². The van der Waals surface area contributed by atoms with E-state index in [0.29, 0.717) is 10.6 Å². The number of rotatable bonds is 2. The van der Waals surface area contributed by atoms with Gasteiger partial charge in [-0.25, -0.2) is 0 Å². The summed E-state index contributed by atoms with van der Waals surface area (Å²) in [6, 6.07) is 9.52. The van der Waals surface area contributed by atoms with Gasteiger partial charge in [0, 0.05) is 17.1 Å². The number of thiophene rings is 1. The maximum absolute atomic E-state index is 12.6. The molecule has 0 bridgehead atoms. The molecule has 0 N–H and O–H groups in total. The van der Waals surface area contributed by atoms with Gasteiger partial charge in [0.25, 0.3) is 5.91 Å². The van der Waals surface area contributed by atoms with Gasteiger partial charge < -0.3 is 4.90 Å². The summed E-state index contributed by atoms with van der Waals surface area (Å²) in [5.74, 6) is 0.0798. The van der Waals surface area contributed by atoms with Crippen molar-refractivity contribution in [3.8, 4) is 0 Å². The van der Waals surface area contributed by atoms with E-state index in [9.17, 15) is 4.79 Å². The second kappa shape index (κ2) is 5.35. The van der Waals surface area contributed by atoms with Gasteiger partial charge in [0.1, 0.15) is 0 Å². The summed E-state index contributed by atoms with van der Waals surface area (Å²) in [6.45, 7) is 0.825. The summed E-state index contributed by atoms with van der Waals surface area (Å²) in [5.41, 5.74) is 1.92. The average Bonchev–Trinajstić information content (AvgIpc) is 3.08. The Balaban J connectivity index is 1.87. The molecule has 0 aliphatic carbocycles. The first kappa shape index (κ1) is 12.7. The van der Waals surface area contributed by atoms with E-state index in [1.165, 1.54) is 5.56 Å². The third kappa shape index (κ3) is 2.53. The SMILES string of the molecule is O=C(c1cccc(Cl)c1)N1CCC[C@@H]1c1ccsc1. The molecule has 1 aliphatic rings. The summed E-state index contributed by atoms with van der Waals surface area (Å²) in [6.07, 6.45) is 2.11. The molecule has 3 rings (SSSR count). The zero-order chi connectivity index (χ0) is 13.2. The van der Waals surface area contributed by atoms with Crippen LogP contribution in [0.1, 0.15) is 34.8 Å². The number of carbonyl (C=O) groups excluding carboxylic acids is 1. The number of benzene rings is 1. The lowest BCUT2D eigenvalue weighted by Gasteiger charge is -2.24. The molecule has 1 aromatic carbocycles. The average molecular weight is 292 g/mol. The van der Waals surface area contributed by atoms with E-state index < -0.39 is 0 Å². The van der Waals surface area contributed by atoms with Crippen LogP contribution in [-0.2, 0) is 0 Å². The minimum Gasteiger partial charge on any atom is -0.332 e. The van der Waals surface area contributed by atoms with Crippen molar-refractivity contribution in [3.05, 3.63) is 57.2 Å². The minimum atomic E-state index is 0.0798. The molecule has 0 unspecified atom stereocenters. The van der Waals surface area contributed by atoms with E-state index in [-0.39, 0.29) is 11.9 Å². The van der Waals surface area contributed by atoms with E-state index in [2.05, 4.69) is 16.8 Å². The van der Waals surface area contributed by atoms with Gasteiger partial charge in [-0.3, -0.25) is 4.79 Å². The Morgan fingerprint density at radius 3 is 3.00 bits per heavy atom. The summed E-state index contributed by atoms with van der Waals surface area (Å²) in [7, 11) is 0. The predicted octanol–water partition coefficient (Wildman–Crippen LogP) is 4.38. The highest BCUT2D eigenvalue weighted by atomic mass is 35.5. The lowest BCUT2D eigenvalue weighted by molar-refractivity contribution is 0.0736. The number of nitrogens with zero attached hydrogens (tertiary/aromatic N) is 1. The van der Waals surface area contributed by atoms with E-state index in [1.807, 2.05) is 17.0 Å². The molecule has 0 saturated carbocycles. The molecule has 1 amide bonds. The Morgan fingerprint density at radius 2 is 2.26 bits per heavy atom. The first-order chi connectivity index (χ1) is 9.25. The Labute approximate surface area is 121 Å². The molecule has 0 spiro atoms. The number of amides is 1. The summed E-state index contributed by atoms with van der Waals surface area (Å²) in [4.78, 5) is 14.5. The first-order valence-electron chi connectivity index (χ1n) is 6.34. The van der Waals surface area contributed by atoms with Crippen molar-refractivity contribution >= 4 is 28.8 Å². The molecule has 1 aromatic heterocycles. The zero-order valence-corrected chi connectivity index (χ0v) is 12.0. The lowest BCUT2D eigenvalue weighted by atomic mass is 10.1. The fraction of sp³-hybridized carbons (Fsp3) is 0.267. The highest BCUT2D eigenvalue weighted by Gasteiger charge is 2.30. The standard InChI is InChI=1S/C15H14ClNOS/c16-13-4-1-3-11(9-13)15(18)17-7-2-5-14(17)12-6-8-19-10-12/h1,3-4,6,8-10,14H,2,5,7H2/t14-/m1/s1. The second-order valence-electron chi connectivity index (χ2n) is 4.72. The summed E-state index contributed by atoms with van der Waals surface area (Å²) in [5, 5.41) is 4.81. The maximum Gasteiger partial charge on any atom is 0.254 e. The highest BCUT2D eigenvalue weighted by Crippen LogP contribution is 2.34. The molecule has 1 aliphatic heterocycles. The van der Waals surface area contributed by atoms with Crippen LogP contribution in [0.3, 0.4) is 0 Å². The molecule has 1 fully saturated rings. The van der Waals surface area contributed by atoms with Crippen molar-refractivity contribution in [2.45, 2.75) is 18.9 Å². The monoisotopic (exact) mass is 291 g/mol.